The zero-order chi connectivity index (χ0) is 17.9. The van der Waals surface area contributed by atoms with Crippen molar-refractivity contribution in [1.82, 2.24) is 4.98 Å². The number of benzene rings is 2. The summed E-state index contributed by atoms with van der Waals surface area (Å²) in [7, 11) is 0. The van der Waals surface area contributed by atoms with E-state index in [2.05, 4.69) is 42.8 Å². The second kappa shape index (κ2) is 7.04. The molecule has 26 heavy (non-hydrogen) atoms. The smallest absolute Gasteiger partial charge is 0.131 e. The van der Waals surface area contributed by atoms with Crippen LogP contribution in [0, 0.1) is 0 Å². The third-order valence-corrected chi connectivity index (χ3v) is 4.60. The van der Waals surface area contributed by atoms with Crippen LogP contribution < -0.4 is 10.7 Å². The SMILES string of the molecule is C=C(CCC)c1nc(-c2ccccc2)c2c(c1-c1ccccc1)=NCN=2. The molecule has 0 bridgehead atoms. The first-order valence-electron chi connectivity index (χ1n) is 9.01. The van der Waals surface area contributed by atoms with Crippen molar-refractivity contribution in [2.45, 2.75) is 19.8 Å². The van der Waals surface area contributed by atoms with Crippen molar-refractivity contribution in [2.24, 2.45) is 9.98 Å². The zero-order valence-electron chi connectivity index (χ0n) is 14.9. The molecule has 0 fully saturated rings. The van der Waals surface area contributed by atoms with E-state index in [0.29, 0.717) is 6.67 Å². The minimum absolute atomic E-state index is 0.459. The molecular formula is C23H21N3. The zero-order valence-corrected chi connectivity index (χ0v) is 14.9. The number of hydrogen-bond acceptors (Lipinski definition) is 3. The van der Waals surface area contributed by atoms with Gasteiger partial charge in [-0.15, -0.1) is 0 Å². The van der Waals surface area contributed by atoms with Crippen molar-refractivity contribution in [3.8, 4) is 22.4 Å². The first-order valence-corrected chi connectivity index (χ1v) is 9.01. The monoisotopic (exact) mass is 339 g/mol. The molecule has 0 atom stereocenters. The van der Waals surface area contributed by atoms with Crippen LogP contribution in [0.1, 0.15) is 25.5 Å². The molecule has 3 heteroatoms. The van der Waals surface area contributed by atoms with Gasteiger partial charge >= 0.3 is 0 Å². The highest BCUT2D eigenvalue weighted by Crippen LogP contribution is 2.28. The van der Waals surface area contributed by atoms with Gasteiger partial charge in [0, 0.05) is 11.1 Å². The van der Waals surface area contributed by atoms with E-state index < -0.39 is 0 Å². The van der Waals surface area contributed by atoms with Crippen LogP contribution in [-0.2, 0) is 0 Å². The van der Waals surface area contributed by atoms with E-state index >= 15 is 0 Å². The Labute approximate surface area is 153 Å². The standard InChI is InChI=1S/C23H21N3/c1-3-10-16(2)20-19(17-11-6-4-7-12-17)22-23(25-15-24-22)21(26-20)18-13-8-5-9-14-18/h4-9,11-14H,2-3,10,15H2,1H3. The van der Waals surface area contributed by atoms with E-state index in [1.165, 1.54) is 0 Å². The minimum Gasteiger partial charge on any atom is -0.259 e. The molecular weight excluding hydrogens is 318 g/mol. The summed E-state index contributed by atoms with van der Waals surface area (Å²) in [5, 5.41) is 1.83. The molecule has 0 saturated carbocycles. The average Bonchev–Trinajstić information content (AvgIpc) is 3.18. The van der Waals surface area contributed by atoms with Crippen molar-refractivity contribution >= 4 is 5.57 Å². The number of pyridine rings is 1. The van der Waals surface area contributed by atoms with Crippen LogP contribution in [0.3, 0.4) is 0 Å². The first-order chi connectivity index (χ1) is 12.8. The topological polar surface area (TPSA) is 37.6 Å². The largest absolute Gasteiger partial charge is 0.259 e. The van der Waals surface area contributed by atoms with Gasteiger partial charge < -0.3 is 0 Å². The summed E-state index contributed by atoms with van der Waals surface area (Å²) >= 11 is 0. The molecule has 3 nitrogen and oxygen atoms in total. The maximum atomic E-state index is 5.06. The summed E-state index contributed by atoms with van der Waals surface area (Å²) in [4.78, 5) is 14.4. The lowest BCUT2D eigenvalue weighted by Crippen LogP contribution is -2.29. The van der Waals surface area contributed by atoms with Gasteiger partial charge in [-0.3, -0.25) is 9.98 Å². The van der Waals surface area contributed by atoms with E-state index in [0.717, 1.165) is 57.2 Å². The van der Waals surface area contributed by atoms with Gasteiger partial charge in [-0.05, 0) is 17.6 Å². The summed E-state index contributed by atoms with van der Waals surface area (Å²) < 4.78 is 0. The Morgan fingerprint density at radius 3 is 2.15 bits per heavy atom. The molecule has 0 amide bonds. The van der Waals surface area contributed by atoms with Gasteiger partial charge in [0.15, 0.2) is 0 Å². The highest BCUT2D eigenvalue weighted by molar-refractivity contribution is 5.80. The Bertz CT molecular complexity index is 1070. The quantitative estimate of drug-likeness (QED) is 0.677. The summed E-state index contributed by atoms with van der Waals surface area (Å²) in [6.07, 6.45) is 1.95. The second-order valence-electron chi connectivity index (χ2n) is 6.42. The molecule has 3 aromatic rings. The number of fused-ring (bicyclic) bond motifs is 1. The van der Waals surface area contributed by atoms with E-state index in [4.69, 9.17) is 9.98 Å². The Kier molecular flexibility index (Phi) is 4.44. The fraction of sp³-hybridized carbons (Fsp3) is 0.174. The predicted octanol–water partition coefficient (Wildman–Crippen LogP) is 4.44. The van der Waals surface area contributed by atoms with Gasteiger partial charge in [-0.2, -0.15) is 0 Å². The summed E-state index contributed by atoms with van der Waals surface area (Å²) in [6, 6.07) is 20.6. The van der Waals surface area contributed by atoms with Gasteiger partial charge in [-0.1, -0.05) is 80.6 Å². The Morgan fingerprint density at radius 2 is 1.50 bits per heavy atom. The molecule has 0 radical (unpaired) electrons. The highest BCUT2D eigenvalue weighted by atomic mass is 15.0. The van der Waals surface area contributed by atoms with Gasteiger partial charge in [0.1, 0.15) is 12.0 Å². The van der Waals surface area contributed by atoms with Crippen LogP contribution >= 0.6 is 0 Å². The van der Waals surface area contributed by atoms with Crippen molar-refractivity contribution in [3.05, 3.63) is 83.7 Å². The van der Waals surface area contributed by atoms with Gasteiger partial charge in [0.05, 0.1) is 16.7 Å². The molecule has 1 aliphatic rings. The Hall–Kier alpha value is -3.07. The normalized spacial score (nSPS) is 12.2. The summed E-state index contributed by atoms with van der Waals surface area (Å²) in [5.41, 5.74) is 6.12. The molecule has 0 saturated heterocycles. The number of hydrogen-bond donors (Lipinski definition) is 0. The van der Waals surface area contributed by atoms with E-state index in [9.17, 15) is 0 Å². The molecule has 4 rings (SSSR count). The van der Waals surface area contributed by atoms with E-state index in [1.54, 1.807) is 0 Å². The van der Waals surface area contributed by atoms with Crippen LogP contribution in [0.2, 0.25) is 0 Å². The molecule has 0 unspecified atom stereocenters. The molecule has 0 N–H and O–H groups in total. The minimum atomic E-state index is 0.459. The third-order valence-electron chi connectivity index (χ3n) is 4.60. The summed E-state index contributed by atoms with van der Waals surface area (Å²) in [6.45, 7) is 6.95. The number of aromatic nitrogens is 1. The molecule has 0 spiro atoms. The van der Waals surface area contributed by atoms with Crippen LogP contribution in [-0.4, -0.2) is 11.7 Å². The van der Waals surface area contributed by atoms with Gasteiger partial charge in [-0.25, -0.2) is 4.98 Å². The Morgan fingerprint density at radius 1 is 0.885 bits per heavy atom. The van der Waals surface area contributed by atoms with Crippen LogP contribution in [0.5, 0.6) is 0 Å². The number of rotatable bonds is 5. The fourth-order valence-corrected chi connectivity index (χ4v) is 3.40. The van der Waals surface area contributed by atoms with Gasteiger partial charge in [0.25, 0.3) is 0 Å². The maximum Gasteiger partial charge on any atom is 0.131 e. The van der Waals surface area contributed by atoms with E-state index in [-0.39, 0.29) is 0 Å². The highest BCUT2D eigenvalue weighted by Gasteiger charge is 2.19. The molecule has 1 aromatic heterocycles. The molecule has 2 aromatic carbocycles. The first kappa shape index (κ1) is 16.4. The Balaban J connectivity index is 2.06. The summed E-state index contributed by atoms with van der Waals surface area (Å²) in [5.74, 6) is 0. The third kappa shape index (κ3) is 2.86. The predicted molar refractivity (Wildman–Crippen MR) is 106 cm³/mol. The molecule has 0 aliphatic carbocycles. The average molecular weight is 339 g/mol. The molecule has 128 valence electrons. The molecule has 1 aliphatic heterocycles. The fourth-order valence-electron chi connectivity index (χ4n) is 3.40. The lowest BCUT2D eigenvalue weighted by molar-refractivity contribution is 0.966. The van der Waals surface area contributed by atoms with E-state index in [1.807, 2.05) is 36.4 Å². The van der Waals surface area contributed by atoms with Crippen molar-refractivity contribution < 1.29 is 0 Å². The van der Waals surface area contributed by atoms with Crippen LogP contribution in [0.15, 0.2) is 77.2 Å². The van der Waals surface area contributed by atoms with Crippen molar-refractivity contribution in [2.75, 3.05) is 6.67 Å². The lowest BCUT2D eigenvalue weighted by Gasteiger charge is -2.14. The van der Waals surface area contributed by atoms with Crippen molar-refractivity contribution in [1.29, 1.82) is 0 Å². The molecule has 2 heterocycles. The number of nitrogens with zero attached hydrogens (tertiary/aromatic N) is 3. The maximum absolute atomic E-state index is 5.06. The van der Waals surface area contributed by atoms with Crippen LogP contribution in [0.25, 0.3) is 28.0 Å². The second-order valence-corrected chi connectivity index (χ2v) is 6.42. The van der Waals surface area contributed by atoms with Crippen LogP contribution in [0.4, 0.5) is 0 Å². The van der Waals surface area contributed by atoms with Crippen molar-refractivity contribution in [3.63, 3.8) is 0 Å². The van der Waals surface area contributed by atoms with Gasteiger partial charge in [0.2, 0.25) is 0 Å². The number of allylic oxidation sites excluding steroid dienone is 1. The lowest BCUT2D eigenvalue weighted by atomic mass is 9.95.